The van der Waals surface area contributed by atoms with E-state index in [-0.39, 0.29) is 23.2 Å². The second-order valence-corrected chi connectivity index (χ2v) is 10.6. The maximum atomic E-state index is 12.8. The first-order chi connectivity index (χ1) is 14.6. The van der Waals surface area contributed by atoms with Crippen LogP contribution in [0.5, 0.6) is 11.5 Å². The molecular formula is C21H30N2O6S2. The molecule has 31 heavy (non-hydrogen) atoms. The summed E-state index contributed by atoms with van der Waals surface area (Å²) in [5, 5.41) is 0. The first-order valence-corrected chi connectivity index (χ1v) is 13.2. The molecular weight excluding hydrogens is 440 g/mol. The lowest BCUT2D eigenvalue weighted by atomic mass is 10.1. The first-order valence-electron chi connectivity index (χ1n) is 10.0. The lowest BCUT2D eigenvalue weighted by Gasteiger charge is -2.15. The molecule has 0 unspecified atom stereocenters. The summed E-state index contributed by atoms with van der Waals surface area (Å²) >= 11 is 0. The largest absolute Gasteiger partial charge is 0.490 e. The maximum absolute atomic E-state index is 12.8. The van der Waals surface area contributed by atoms with Crippen LogP contribution < -0.4 is 18.9 Å². The van der Waals surface area contributed by atoms with Crippen molar-refractivity contribution in [3.8, 4) is 11.5 Å². The van der Waals surface area contributed by atoms with E-state index in [1.165, 1.54) is 12.1 Å². The van der Waals surface area contributed by atoms with Crippen LogP contribution in [0.15, 0.2) is 47.4 Å². The molecule has 0 radical (unpaired) electrons. The molecule has 0 aromatic heterocycles. The number of benzene rings is 2. The van der Waals surface area contributed by atoms with E-state index in [2.05, 4.69) is 9.44 Å². The van der Waals surface area contributed by atoms with Crippen LogP contribution in [-0.4, -0.2) is 36.1 Å². The van der Waals surface area contributed by atoms with Crippen molar-refractivity contribution in [2.24, 2.45) is 0 Å². The molecule has 0 aliphatic rings. The van der Waals surface area contributed by atoms with Crippen LogP contribution >= 0.6 is 0 Å². The molecule has 0 saturated carbocycles. The first kappa shape index (κ1) is 25.1. The quantitative estimate of drug-likeness (QED) is 0.494. The summed E-state index contributed by atoms with van der Waals surface area (Å²) in [5.41, 5.74) is 1.11. The Balaban J connectivity index is 2.22. The van der Waals surface area contributed by atoms with Gasteiger partial charge in [-0.1, -0.05) is 24.3 Å². The molecule has 2 N–H and O–H groups in total. The third-order valence-corrected chi connectivity index (χ3v) is 7.08. The van der Waals surface area contributed by atoms with Crippen molar-refractivity contribution >= 4 is 20.0 Å². The van der Waals surface area contributed by atoms with Crippen molar-refractivity contribution < 1.29 is 26.3 Å². The van der Waals surface area contributed by atoms with Crippen LogP contribution in [0.4, 0.5) is 0 Å². The Kier molecular flexibility index (Phi) is 8.87. The van der Waals surface area contributed by atoms with Crippen molar-refractivity contribution in [3.63, 3.8) is 0 Å². The lowest BCUT2D eigenvalue weighted by Crippen LogP contribution is -2.32. The van der Waals surface area contributed by atoms with Gasteiger partial charge in [-0.3, -0.25) is 0 Å². The second kappa shape index (κ2) is 10.9. The van der Waals surface area contributed by atoms with Gasteiger partial charge in [-0.25, -0.2) is 26.3 Å². The minimum Gasteiger partial charge on any atom is -0.490 e. The summed E-state index contributed by atoms with van der Waals surface area (Å²) in [6.07, 6.45) is 0. The van der Waals surface area contributed by atoms with Gasteiger partial charge in [0.15, 0.2) is 11.5 Å². The van der Waals surface area contributed by atoms with Crippen LogP contribution in [0.3, 0.4) is 0 Å². The Labute approximate surface area is 185 Å². The molecule has 0 bridgehead atoms. The van der Waals surface area contributed by atoms with Crippen molar-refractivity contribution in [3.05, 3.63) is 53.6 Å². The maximum Gasteiger partial charge on any atom is 0.241 e. The Bertz CT molecular complexity index is 1080. The average Bonchev–Trinajstić information content (AvgIpc) is 2.67. The number of ether oxygens (including phenoxy) is 2. The monoisotopic (exact) mass is 470 g/mol. The fourth-order valence-corrected chi connectivity index (χ4v) is 5.45. The Morgan fingerprint density at radius 2 is 1.48 bits per heavy atom. The average molecular weight is 471 g/mol. The summed E-state index contributed by atoms with van der Waals surface area (Å²) in [7, 11) is -7.40. The minimum absolute atomic E-state index is 0.0333. The Morgan fingerprint density at radius 3 is 2.10 bits per heavy atom. The molecule has 0 aliphatic heterocycles. The molecule has 10 heteroatoms. The molecule has 0 fully saturated rings. The van der Waals surface area contributed by atoms with E-state index in [9.17, 15) is 16.8 Å². The van der Waals surface area contributed by atoms with Gasteiger partial charge < -0.3 is 9.47 Å². The highest BCUT2D eigenvalue weighted by Gasteiger charge is 2.19. The molecule has 0 atom stereocenters. The van der Waals surface area contributed by atoms with Gasteiger partial charge in [-0.05, 0) is 51.0 Å². The summed E-state index contributed by atoms with van der Waals surface area (Å²) in [6, 6.07) is 11.0. The number of sulfonamides is 2. The Hall–Kier alpha value is -2.14. The molecule has 172 valence electrons. The molecule has 0 amide bonds. The van der Waals surface area contributed by atoms with E-state index in [1.807, 2.05) is 6.92 Å². The number of nitrogens with one attached hydrogen (secondary N) is 2. The topological polar surface area (TPSA) is 111 Å². The Morgan fingerprint density at radius 1 is 0.871 bits per heavy atom. The van der Waals surface area contributed by atoms with Gasteiger partial charge in [0.25, 0.3) is 0 Å². The van der Waals surface area contributed by atoms with Crippen molar-refractivity contribution in [2.75, 3.05) is 13.2 Å². The number of rotatable bonds is 12. The summed E-state index contributed by atoms with van der Waals surface area (Å²) in [6.45, 7) is 7.85. The van der Waals surface area contributed by atoms with Crippen molar-refractivity contribution in [2.45, 2.75) is 50.9 Å². The van der Waals surface area contributed by atoms with Gasteiger partial charge in [-0.2, -0.15) is 0 Å². The van der Waals surface area contributed by atoms with Gasteiger partial charge in [0.1, 0.15) is 0 Å². The van der Waals surface area contributed by atoms with Crippen LogP contribution in [-0.2, 0) is 32.3 Å². The van der Waals surface area contributed by atoms with Crippen LogP contribution in [0.2, 0.25) is 0 Å². The highest BCUT2D eigenvalue weighted by molar-refractivity contribution is 7.89. The molecule has 0 aliphatic carbocycles. The fraction of sp³-hybridized carbons (Fsp3) is 0.429. The molecule has 0 spiro atoms. The standard InChI is InChI=1S/C21H30N2O6S2/c1-5-28-20-12-11-19(13-21(20)29-6-2)31(26,27)22-14-17-9-7-8-10-18(17)15-30(24,25)23-16(3)4/h7-13,16,22-23H,5-6,14-15H2,1-4H3. The van der Waals surface area contributed by atoms with Gasteiger partial charge in [0.05, 0.1) is 23.9 Å². The summed E-state index contributed by atoms with van der Waals surface area (Å²) in [4.78, 5) is 0.0333. The van der Waals surface area contributed by atoms with E-state index < -0.39 is 20.0 Å². The third kappa shape index (κ3) is 7.49. The molecule has 2 aromatic rings. The van der Waals surface area contributed by atoms with E-state index in [0.29, 0.717) is 35.8 Å². The zero-order valence-electron chi connectivity index (χ0n) is 18.2. The summed E-state index contributed by atoms with van der Waals surface area (Å²) < 4.78 is 66.3. The van der Waals surface area contributed by atoms with Crippen LogP contribution in [0.1, 0.15) is 38.8 Å². The zero-order valence-corrected chi connectivity index (χ0v) is 19.8. The van der Waals surface area contributed by atoms with Gasteiger partial charge in [0, 0.05) is 18.7 Å². The SMILES string of the molecule is CCOc1ccc(S(=O)(=O)NCc2ccccc2CS(=O)(=O)NC(C)C)cc1OCC. The number of hydrogen-bond acceptors (Lipinski definition) is 6. The number of hydrogen-bond donors (Lipinski definition) is 2. The predicted octanol–water partition coefficient (Wildman–Crippen LogP) is 2.79. The lowest BCUT2D eigenvalue weighted by molar-refractivity contribution is 0.287. The van der Waals surface area contributed by atoms with Crippen molar-refractivity contribution in [1.29, 1.82) is 0 Å². The van der Waals surface area contributed by atoms with Gasteiger partial charge in [-0.15, -0.1) is 0 Å². The normalized spacial score (nSPS) is 12.2. The van der Waals surface area contributed by atoms with Crippen LogP contribution in [0, 0.1) is 0 Å². The smallest absolute Gasteiger partial charge is 0.241 e. The minimum atomic E-state index is -3.86. The van der Waals surface area contributed by atoms with E-state index in [4.69, 9.17) is 9.47 Å². The molecule has 0 heterocycles. The highest BCUT2D eigenvalue weighted by atomic mass is 32.2. The second-order valence-electron chi connectivity index (χ2n) is 7.10. The fourth-order valence-electron chi connectivity index (χ4n) is 2.93. The summed E-state index contributed by atoms with van der Waals surface area (Å²) in [5.74, 6) is 0.579. The van der Waals surface area contributed by atoms with Crippen molar-refractivity contribution in [1.82, 2.24) is 9.44 Å². The zero-order chi connectivity index (χ0) is 23.1. The van der Waals surface area contributed by atoms with E-state index in [1.54, 1.807) is 51.1 Å². The van der Waals surface area contributed by atoms with Crippen LogP contribution in [0.25, 0.3) is 0 Å². The van der Waals surface area contributed by atoms with Gasteiger partial charge >= 0.3 is 0 Å². The predicted molar refractivity (Wildman–Crippen MR) is 120 cm³/mol. The molecule has 8 nitrogen and oxygen atoms in total. The third-order valence-electron chi connectivity index (χ3n) is 4.16. The molecule has 2 rings (SSSR count). The van der Waals surface area contributed by atoms with E-state index in [0.717, 1.165) is 0 Å². The highest BCUT2D eigenvalue weighted by Crippen LogP contribution is 2.30. The van der Waals surface area contributed by atoms with Gasteiger partial charge in [0.2, 0.25) is 20.0 Å². The molecule has 0 saturated heterocycles. The molecule has 2 aromatic carbocycles. The van der Waals surface area contributed by atoms with E-state index >= 15 is 0 Å².